The fourth-order valence-electron chi connectivity index (χ4n) is 3.13. The van der Waals surface area contributed by atoms with Crippen molar-refractivity contribution in [2.24, 2.45) is 0 Å². The molecule has 0 radical (unpaired) electrons. The van der Waals surface area contributed by atoms with Gasteiger partial charge in [0.05, 0.1) is 10.2 Å². The van der Waals surface area contributed by atoms with Gasteiger partial charge in [0.2, 0.25) is 0 Å². The Labute approximate surface area is 194 Å². The largest absolute Gasteiger partial charge is 0.481 e. The van der Waals surface area contributed by atoms with Gasteiger partial charge in [0.15, 0.2) is 0 Å². The number of nitrogens with zero attached hydrogens (tertiary/aromatic N) is 1. The molecule has 1 heterocycles. The Kier molecular flexibility index (Phi) is 10.5. The number of nitrogens with one attached hydrogen (secondary N) is 1. The summed E-state index contributed by atoms with van der Waals surface area (Å²) in [5.41, 5.74) is 2.25. The van der Waals surface area contributed by atoms with Gasteiger partial charge in [-0.25, -0.2) is 4.98 Å². The Morgan fingerprint density at radius 1 is 0.938 bits per heavy atom. The highest BCUT2D eigenvalue weighted by Gasteiger charge is 2.05. The zero-order valence-electron chi connectivity index (χ0n) is 18.7. The third-order valence-corrected chi connectivity index (χ3v) is 6.01. The van der Waals surface area contributed by atoms with Gasteiger partial charge in [-0.15, -0.1) is 0 Å². The molecule has 2 N–H and O–H groups in total. The summed E-state index contributed by atoms with van der Waals surface area (Å²) in [6, 6.07) is 16.2. The lowest BCUT2D eigenvalue weighted by molar-refractivity contribution is -0.137. The lowest BCUT2D eigenvalue weighted by atomic mass is 10.1. The molecular weight excluding hydrogens is 420 g/mol. The minimum Gasteiger partial charge on any atom is -0.481 e. The third kappa shape index (κ3) is 9.79. The number of thiazole rings is 1. The van der Waals surface area contributed by atoms with E-state index < -0.39 is 5.97 Å². The van der Waals surface area contributed by atoms with Gasteiger partial charge in [0.1, 0.15) is 5.75 Å². The average molecular weight is 455 g/mol. The molecule has 4 rings (SSSR count). The maximum Gasteiger partial charge on any atom is 0.303 e. The normalized spacial score (nSPS) is 12.2. The number of fused-ring (bicyclic) bond motifs is 1. The van der Waals surface area contributed by atoms with E-state index in [1.165, 1.54) is 24.8 Å². The number of benzene rings is 2. The summed E-state index contributed by atoms with van der Waals surface area (Å²) in [5, 5.41) is 12.7. The molecule has 0 spiro atoms. The van der Waals surface area contributed by atoms with Crippen LogP contribution in [-0.2, 0) is 11.2 Å². The lowest BCUT2D eigenvalue weighted by Gasteiger charge is -2.06. The van der Waals surface area contributed by atoms with Crippen LogP contribution in [0, 0.1) is 0 Å². The molecule has 1 fully saturated rings. The van der Waals surface area contributed by atoms with Gasteiger partial charge < -0.3 is 15.2 Å². The molecule has 0 bridgehead atoms. The molecule has 0 atom stereocenters. The van der Waals surface area contributed by atoms with E-state index in [0.29, 0.717) is 11.6 Å². The molecule has 5 nitrogen and oxygen atoms in total. The van der Waals surface area contributed by atoms with Crippen LogP contribution in [0.2, 0.25) is 0 Å². The summed E-state index contributed by atoms with van der Waals surface area (Å²) < 4.78 is 7.02. The topological polar surface area (TPSA) is 71.5 Å². The van der Waals surface area contributed by atoms with Gasteiger partial charge in [-0.2, -0.15) is 0 Å². The number of aliphatic carboxylic acids is 1. The number of carbonyl (C=O) groups is 1. The molecule has 0 unspecified atom stereocenters. The molecular formula is C26H34N2O3S. The molecule has 6 heteroatoms. The maximum absolute atomic E-state index is 10.4. The van der Waals surface area contributed by atoms with Gasteiger partial charge in [-0.1, -0.05) is 74.1 Å². The van der Waals surface area contributed by atoms with E-state index in [0.717, 1.165) is 67.6 Å². The van der Waals surface area contributed by atoms with E-state index in [1.54, 1.807) is 11.3 Å². The molecule has 0 amide bonds. The van der Waals surface area contributed by atoms with Gasteiger partial charge in [-0.3, -0.25) is 4.79 Å². The number of carboxylic acid groups (broad SMARTS) is 1. The predicted molar refractivity (Wildman–Crippen MR) is 132 cm³/mol. The standard InChI is InChI=1S/C23H28N2O3S.C3H6/c26-22(27)10-4-2-1-3-7-16-24-17-15-18-11-13-19(14-12-18)28-23-25-20-8-5-6-9-21(20)29-23;1-2-3-1/h5-6,8-9,11-14,24H,1-4,7,10,15-17H2,(H,26,27);1-3H2. The fraction of sp³-hybridized carbons (Fsp3) is 0.462. The van der Waals surface area contributed by atoms with Crippen LogP contribution >= 0.6 is 11.3 Å². The van der Waals surface area contributed by atoms with Gasteiger partial charge in [0.25, 0.3) is 5.19 Å². The number of carboxylic acids is 1. The van der Waals surface area contributed by atoms with E-state index in [-0.39, 0.29) is 0 Å². The van der Waals surface area contributed by atoms with E-state index in [9.17, 15) is 4.79 Å². The highest BCUT2D eigenvalue weighted by Crippen LogP contribution is 2.31. The van der Waals surface area contributed by atoms with Crippen molar-refractivity contribution in [3.63, 3.8) is 0 Å². The fourth-order valence-corrected chi connectivity index (χ4v) is 3.97. The summed E-state index contributed by atoms with van der Waals surface area (Å²) in [6.45, 7) is 1.97. The van der Waals surface area contributed by atoms with E-state index in [4.69, 9.17) is 9.84 Å². The van der Waals surface area contributed by atoms with E-state index >= 15 is 0 Å². The summed E-state index contributed by atoms with van der Waals surface area (Å²) in [6.07, 6.45) is 11.0. The van der Waals surface area contributed by atoms with Crippen molar-refractivity contribution in [2.75, 3.05) is 13.1 Å². The molecule has 0 aliphatic heterocycles. The zero-order chi connectivity index (χ0) is 22.4. The smallest absolute Gasteiger partial charge is 0.303 e. The third-order valence-electron chi connectivity index (χ3n) is 5.09. The number of hydrogen-bond acceptors (Lipinski definition) is 5. The molecule has 1 saturated carbocycles. The highest BCUT2D eigenvalue weighted by molar-refractivity contribution is 7.20. The summed E-state index contributed by atoms with van der Waals surface area (Å²) in [7, 11) is 0. The Morgan fingerprint density at radius 3 is 2.38 bits per heavy atom. The number of hydrogen-bond donors (Lipinski definition) is 2. The van der Waals surface area contributed by atoms with Crippen LogP contribution in [0.3, 0.4) is 0 Å². The number of ether oxygens (including phenoxy) is 1. The Morgan fingerprint density at radius 2 is 1.66 bits per heavy atom. The second-order valence-corrected chi connectivity index (χ2v) is 9.16. The van der Waals surface area contributed by atoms with Crippen LogP contribution in [0.4, 0.5) is 0 Å². The van der Waals surface area contributed by atoms with Crippen molar-refractivity contribution in [2.45, 2.75) is 64.2 Å². The van der Waals surface area contributed by atoms with Crippen LogP contribution in [0.1, 0.15) is 63.4 Å². The second-order valence-electron chi connectivity index (χ2n) is 8.17. The number of rotatable bonds is 13. The van der Waals surface area contributed by atoms with E-state index in [1.807, 2.05) is 30.3 Å². The first kappa shape index (κ1) is 24.2. The van der Waals surface area contributed by atoms with Crippen LogP contribution in [0.25, 0.3) is 10.2 Å². The van der Waals surface area contributed by atoms with Crippen molar-refractivity contribution < 1.29 is 14.6 Å². The highest BCUT2D eigenvalue weighted by atomic mass is 32.1. The zero-order valence-corrected chi connectivity index (χ0v) is 19.5. The predicted octanol–water partition coefficient (Wildman–Crippen LogP) is 6.82. The summed E-state index contributed by atoms with van der Waals surface area (Å²) in [4.78, 5) is 14.9. The molecule has 1 aromatic heterocycles. The van der Waals surface area contributed by atoms with Crippen molar-refractivity contribution in [3.8, 4) is 10.9 Å². The molecule has 1 aliphatic carbocycles. The molecule has 0 saturated heterocycles. The van der Waals surface area contributed by atoms with Gasteiger partial charge in [-0.05, 0) is 62.2 Å². The second kappa shape index (κ2) is 13.9. The average Bonchev–Trinajstić information content (AvgIpc) is 3.62. The van der Waals surface area contributed by atoms with Gasteiger partial charge in [0, 0.05) is 6.42 Å². The lowest BCUT2D eigenvalue weighted by Crippen LogP contribution is -2.18. The first-order valence-corrected chi connectivity index (χ1v) is 12.6. The van der Waals surface area contributed by atoms with Gasteiger partial charge >= 0.3 is 5.97 Å². The minimum absolute atomic E-state index is 0.294. The molecule has 2 aromatic carbocycles. The first-order chi connectivity index (χ1) is 15.7. The van der Waals surface area contributed by atoms with Crippen LogP contribution in [0.15, 0.2) is 48.5 Å². The minimum atomic E-state index is -0.692. The summed E-state index contributed by atoms with van der Waals surface area (Å²) in [5.74, 6) is 0.117. The number of para-hydroxylation sites is 1. The van der Waals surface area contributed by atoms with Crippen molar-refractivity contribution in [1.82, 2.24) is 10.3 Å². The monoisotopic (exact) mass is 454 g/mol. The van der Waals surface area contributed by atoms with E-state index in [2.05, 4.69) is 28.5 Å². The summed E-state index contributed by atoms with van der Waals surface area (Å²) >= 11 is 1.56. The van der Waals surface area contributed by atoms with Crippen LogP contribution < -0.4 is 10.1 Å². The number of unbranched alkanes of at least 4 members (excludes halogenated alkanes) is 4. The van der Waals surface area contributed by atoms with Crippen molar-refractivity contribution in [1.29, 1.82) is 0 Å². The maximum atomic E-state index is 10.4. The van der Waals surface area contributed by atoms with Crippen LogP contribution in [0.5, 0.6) is 10.9 Å². The molecule has 32 heavy (non-hydrogen) atoms. The molecule has 3 aromatic rings. The number of aromatic nitrogens is 1. The quantitative estimate of drug-likeness (QED) is 0.277. The molecule has 172 valence electrons. The van der Waals surface area contributed by atoms with Crippen molar-refractivity contribution >= 4 is 27.5 Å². The Bertz CT molecular complexity index is 902. The van der Waals surface area contributed by atoms with Crippen LogP contribution in [-0.4, -0.2) is 29.1 Å². The SMILES string of the molecule is C1CC1.O=C(O)CCCCCCCNCCc1ccc(Oc2nc3ccccc3s2)cc1. The Hall–Kier alpha value is -2.44. The molecule has 1 aliphatic rings. The first-order valence-electron chi connectivity index (χ1n) is 11.8. The van der Waals surface area contributed by atoms with Crippen molar-refractivity contribution in [3.05, 3.63) is 54.1 Å². The Balaban J connectivity index is 0.000000887.